The van der Waals surface area contributed by atoms with Crippen LogP contribution < -0.4 is 0 Å². The topological polar surface area (TPSA) is 29.5 Å². The van der Waals surface area contributed by atoms with Gasteiger partial charge in [-0.2, -0.15) is 0 Å². The van der Waals surface area contributed by atoms with Gasteiger partial charge in [0.1, 0.15) is 5.54 Å². The number of nitrogens with zero attached hydrogens (tertiary/aromatic N) is 1. The molecule has 3 aliphatic rings. The molecule has 3 nitrogen and oxygen atoms in total. The molecule has 14 heavy (non-hydrogen) atoms. The minimum Gasteiger partial charge on any atom is -0.382 e. The predicted molar refractivity (Wildman–Crippen MR) is 54.2 cm³/mol. The average molecular weight is 197 g/mol. The van der Waals surface area contributed by atoms with Crippen molar-refractivity contribution in [2.45, 2.75) is 31.7 Å². The number of rotatable bonds is 2. The zero-order valence-electron chi connectivity index (χ0n) is 9.08. The van der Waals surface area contributed by atoms with Gasteiger partial charge < -0.3 is 4.74 Å². The summed E-state index contributed by atoms with van der Waals surface area (Å²) < 4.78 is 5.20. The van der Waals surface area contributed by atoms with Crippen molar-refractivity contribution in [3.63, 3.8) is 0 Å². The van der Waals surface area contributed by atoms with E-state index in [1.165, 1.54) is 12.8 Å². The number of hydrogen-bond acceptors (Lipinski definition) is 3. The molecule has 0 saturated carbocycles. The summed E-state index contributed by atoms with van der Waals surface area (Å²) in [5.41, 5.74) is -0.347. The first kappa shape index (κ1) is 10.1. The van der Waals surface area contributed by atoms with Gasteiger partial charge in [0.05, 0.1) is 6.61 Å². The Morgan fingerprint density at radius 1 is 1.50 bits per heavy atom. The molecule has 3 saturated heterocycles. The Morgan fingerprint density at radius 2 is 2.14 bits per heavy atom. The van der Waals surface area contributed by atoms with Crippen LogP contribution >= 0.6 is 0 Å². The summed E-state index contributed by atoms with van der Waals surface area (Å²) in [6.07, 6.45) is 3.13. The molecule has 3 fully saturated rings. The normalized spacial score (nSPS) is 42.6. The number of Topliss-reactive ketones (excluding diaryl/α,β-unsaturated/α-hetero) is 1. The zero-order chi connectivity index (χ0) is 10.2. The minimum absolute atomic E-state index is 0.347. The molecule has 3 aliphatic heterocycles. The fourth-order valence-electron chi connectivity index (χ4n) is 2.74. The van der Waals surface area contributed by atoms with Crippen molar-refractivity contribution in [2.24, 2.45) is 5.92 Å². The van der Waals surface area contributed by atoms with Crippen LogP contribution in [-0.2, 0) is 9.53 Å². The first-order valence-corrected chi connectivity index (χ1v) is 5.44. The molecule has 0 amide bonds. The van der Waals surface area contributed by atoms with E-state index in [-0.39, 0.29) is 5.54 Å². The van der Waals surface area contributed by atoms with E-state index >= 15 is 0 Å². The maximum absolute atomic E-state index is 12.1. The van der Waals surface area contributed by atoms with Gasteiger partial charge in [-0.1, -0.05) is 0 Å². The van der Waals surface area contributed by atoms with Crippen LogP contribution in [-0.4, -0.2) is 43.0 Å². The van der Waals surface area contributed by atoms with Crippen LogP contribution in [0.2, 0.25) is 0 Å². The summed E-state index contributed by atoms with van der Waals surface area (Å²) in [6.45, 7) is 4.71. The van der Waals surface area contributed by atoms with Crippen molar-refractivity contribution in [1.29, 1.82) is 0 Å². The molecule has 0 aromatic rings. The van der Waals surface area contributed by atoms with Crippen LogP contribution in [0.3, 0.4) is 0 Å². The number of carbonyl (C=O) groups excluding carboxylic acids is 1. The van der Waals surface area contributed by atoms with Crippen LogP contribution in [0.1, 0.15) is 26.2 Å². The standard InChI is InChI=1S/C11H19NO2/c1-11(8-14-2)10(13)7-9-3-5-12(11)6-4-9/h9H,3-8H2,1-2H3. The smallest absolute Gasteiger partial charge is 0.155 e. The summed E-state index contributed by atoms with van der Waals surface area (Å²) >= 11 is 0. The fourth-order valence-corrected chi connectivity index (χ4v) is 2.74. The Balaban J connectivity index is 2.23. The number of carbonyl (C=O) groups is 1. The van der Waals surface area contributed by atoms with Crippen molar-refractivity contribution < 1.29 is 9.53 Å². The second-order valence-electron chi connectivity index (χ2n) is 4.76. The predicted octanol–water partition coefficient (Wildman–Crippen LogP) is 1.08. The number of methoxy groups -OCH3 is 1. The van der Waals surface area contributed by atoms with Gasteiger partial charge in [0.15, 0.2) is 5.78 Å². The van der Waals surface area contributed by atoms with Crippen molar-refractivity contribution >= 4 is 5.78 Å². The van der Waals surface area contributed by atoms with E-state index in [1.807, 2.05) is 6.92 Å². The molecule has 80 valence electrons. The number of fused-ring (bicyclic) bond motifs is 4. The molecular weight excluding hydrogens is 178 g/mol. The summed E-state index contributed by atoms with van der Waals surface area (Å²) in [4.78, 5) is 14.4. The second-order valence-corrected chi connectivity index (χ2v) is 4.76. The molecule has 0 radical (unpaired) electrons. The van der Waals surface area contributed by atoms with E-state index < -0.39 is 0 Å². The van der Waals surface area contributed by atoms with Crippen LogP contribution in [0.25, 0.3) is 0 Å². The lowest BCUT2D eigenvalue weighted by Gasteiger charge is -2.38. The monoisotopic (exact) mass is 197 g/mol. The number of ether oxygens (including phenoxy) is 1. The first-order valence-electron chi connectivity index (χ1n) is 5.44. The maximum atomic E-state index is 12.1. The van der Waals surface area contributed by atoms with E-state index in [1.54, 1.807) is 7.11 Å². The maximum Gasteiger partial charge on any atom is 0.155 e. The van der Waals surface area contributed by atoms with Gasteiger partial charge in [-0.05, 0) is 38.8 Å². The lowest BCUT2D eigenvalue weighted by atomic mass is 9.92. The fraction of sp³-hybridized carbons (Fsp3) is 0.909. The second kappa shape index (κ2) is 3.63. The van der Waals surface area contributed by atoms with E-state index in [0.29, 0.717) is 18.3 Å². The molecule has 0 N–H and O–H groups in total. The Bertz CT molecular complexity index is 233. The van der Waals surface area contributed by atoms with Crippen LogP contribution in [0.4, 0.5) is 0 Å². The number of ketones is 1. The third-order valence-corrected chi connectivity index (χ3v) is 3.81. The van der Waals surface area contributed by atoms with E-state index in [4.69, 9.17) is 4.74 Å². The Hall–Kier alpha value is -0.410. The molecule has 0 spiro atoms. The van der Waals surface area contributed by atoms with Gasteiger partial charge in [-0.15, -0.1) is 0 Å². The van der Waals surface area contributed by atoms with Gasteiger partial charge in [-0.25, -0.2) is 0 Å². The number of piperidine rings is 1. The Morgan fingerprint density at radius 3 is 2.71 bits per heavy atom. The van der Waals surface area contributed by atoms with Crippen molar-refractivity contribution in [3.05, 3.63) is 0 Å². The van der Waals surface area contributed by atoms with Gasteiger partial charge in [0, 0.05) is 13.5 Å². The van der Waals surface area contributed by atoms with Crippen LogP contribution in [0.15, 0.2) is 0 Å². The SMILES string of the molecule is COCC1(C)C(=O)CC2CCN1CC2. The molecule has 0 aliphatic carbocycles. The van der Waals surface area contributed by atoms with Gasteiger partial charge in [0.2, 0.25) is 0 Å². The first-order chi connectivity index (χ1) is 6.66. The van der Waals surface area contributed by atoms with E-state index in [9.17, 15) is 4.79 Å². The third-order valence-electron chi connectivity index (χ3n) is 3.81. The highest BCUT2D eigenvalue weighted by Gasteiger charge is 2.44. The highest BCUT2D eigenvalue weighted by atomic mass is 16.5. The largest absolute Gasteiger partial charge is 0.382 e. The summed E-state index contributed by atoms with van der Waals surface area (Å²) in [5, 5.41) is 0. The molecule has 0 aromatic carbocycles. The van der Waals surface area contributed by atoms with E-state index in [2.05, 4.69) is 4.90 Å². The summed E-state index contributed by atoms with van der Waals surface area (Å²) in [5.74, 6) is 1.01. The summed E-state index contributed by atoms with van der Waals surface area (Å²) in [7, 11) is 1.68. The molecule has 1 unspecified atom stereocenters. The number of hydrogen-bond donors (Lipinski definition) is 0. The van der Waals surface area contributed by atoms with Gasteiger partial charge in [0.25, 0.3) is 0 Å². The van der Waals surface area contributed by atoms with Crippen LogP contribution in [0.5, 0.6) is 0 Å². The molecule has 1 atom stereocenters. The Kier molecular flexibility index (Phi) is 2.62. The van der Waals surface area contributed by atoms with Gasteiger partial charge >= 0.3 is 0 Å². The molecule has 2 bridgehead atoms. The van der Waals surface area contributed by atoms with Crippen molar-refractivity contribution in [2.75, 3.05) is 26.8 Å². The quantitative estimate of drug-likeness (QED) is 0.663. The Labute approximate surface area is 85.4 Å². The van der Waals surface area contributed by atoms with E-state index in [0.717, 1.165) is 19.5 Å². The lowest BCUT2D eigenvalue weighted by Crippen LogP contribution is -2.54. The molecule has 3 heterocycles. The molecule has 3 heteroatoms. The summed E-state index contributed by atoms with van der Waals surface area (Å²) in [6, 6.07) is 0. The minimum atomic E-state index is -0.347. The molecule has 3 rings (SSSR count). The highest BCUT2D eigenvalue weighted by molar-refractivity contribution is 5.89. The average Bonchev–Trinajstić information content (AvgIpc) is 2.35. The molecule has 0 aromatic heterocycles. The van der Waals surface area contributed by atoms with Crippen molar-refractivity contribution in [3.8, 4) is 0 Å². The molecular formula is C11H19NO2. The van der Waals surface area contributed by atoms with Crippen LogP contribution in [0, 0.1) is 5.92 Å². The van der Waals surface area contributed by atoms with Crippen molar-refractivity contribution in [1.82, 2.24) is 4.90 Å². The lowest BCUT2D eigenvalue weighted by molar-refractivity contribution is -0.131. The third kappa shape index (κ3) is 1.48. The zero-order valence-corrected chi connectivity index (χ0v) is 9.08. The highest BCUT2D eigenvalue weighted by Crippen LogP contribution is 2.34. The van der Waals surface area contributed by atoms with Gasteiger partial charge in [-0.3, -0.25) is 9.69 Å².